The molecule has 3 aromatic rings. The smallest absolute Gasteiger partial charge is 0.128 e. The lowest BCUT2D eigenvalue weighted by Crippen LogP contribution is -2.22. The average molecular weight is 475 g/mol. The number of aliphatic hydroxyl groups excluding tert-OH is 2. The largest absolute Gasteiger partial charge is 0.389 e. The fraction of sp³-hybridized carbons (Fsp3) is 0.250. The van der Waals surface area contributed by atoms with Gasteiger partial charge in [-0.3, -0.25) is 0 Å². The van der Waals surface area contributed by atoms with Crippen molar-refractivity contribution in [3.63, 3.8) is 0 Å². The van der Waals surface area contributed by atoms with E-state index in [2.05, 4.69) is 22.2 Å². The summed E-state index contributed by atoms with van der Waals surface area (Å²) >= 11 is 1.40. The molecule has 5 rings (SSSR count). The minimum absolute atomic E-state index is 0.279. The molecule has 0 aromatic carbocycles. The summed E-state index contributed by atoms with van der Waals surface area (Å²) in [6.07, 6.45) is 6.48. The van der Waals surface area contributed by atoms with Crippen molar-refractivity contribution >= 4 is 23.1 Å². The number of allylic oxidation sites excluding steroid dienone is 3. The molecular formula is C24H19FN6O2S. The number of nitrogens with zero attached hydrogens (tertiary/aromatic N) is 6. The van der Waals surface area contributed by atoms with Crippen molar-refractivity contribution in [3.8, 4) is 23.3 Å². The number of rotatable bonds is 4. The first-order valence-corrected chi connectivity index (χ1v) is 11.5. The zero-order valence-electron chi connectivity index (χ0n) is 17.8. The Morgan fingerprint density at radius 2 is 1.88 bits per heavy atom. The van der Waals surface area contributed by atoms with Crippen molar-refractivity contribution in [3.05, 3.63) is 65.9 Å². The van der Waals surface area contributed by atoms with Crippen LogP contribution in [0.5, 0.6) is 0 Å². The fourth-order valence-electron chi connectivity index (χ4n) is 4.13. The molecule has 0 radical (unpaired) electrons. The molecule has 2 aliphatic rings. The number of aliphatic hydroxyl groups is 2. The van der Waals surface area contributed by atoms with Gasteiger partial charge in [0.05, 0.1) is 35.6 Å². The van der Waals surface area contributed by atoms with E-state index in [-0.39, 0.29) is 5.25 Å². The van der Waals surface area contributed by atoms with Gasteiger partial charge in [0.1, 0.15) is 17.7 Å². The molecule has 2 N–H and O–H groups in total. The monoisotopic (exact) mass is 474 g/mol. The molecule has 34 heavy (non-hydrogen) atoms. The Kier molecular flexibility index (Phi) is 5.80. The number of hydrogen-bond donors (Lipinski definition) is 2. The number of fused-ring (bicyclic) bond motifs is 1. The van der Waals surface area contributed by atoms with Crippen LogP contribution in [0.4, 0.5) is 10.2 Å². The highest BCUT2D eigenvalue weighted by molar-refractivity contribution is 8.00. The Labute approximate surface area is 198 Å². The van der Waals surface area contributed by atoms with Crippen molar-refractivity contribution in [1.29, 1.82) is 10.5 Å². The van der Waals surface area contributed by atoms with Gasteiger partial charge >= 0.3 is 0 Å². The molecule has 4 heterocycles. The summed E-state index contributed by atoms with van der Waals surface area (Å²) in [6.45, 7) is 0.630. The van der Waals surface area contributed by atoms with E-state index in [1.165, 1.54) is 30.1 Å². The summed E-state index contributed by atoms with van der Waals surface area (Å²) in [5, 5.41) is 42.7. The van der Waals surface area contributed by atoms with Crippen LogP contribution in [-0.4, -0.2) is 55.4 Å². The third-order valence-electron chi connectivity index (χ3n) is 5.93. The lowest BCUT2D eigenvalue weighted by atomic mass is 10.1. The van der Waals surface area contributed by atoms with Crippen molar-refractivity contribution in [2.75, 3.05) is 18.0 Å². The highest BCUT2D eigenvalue weighted by Gasteiger charge is 2.30. The van der Waals surface area contributed by atoms with Gasteiger partial charge in [-0.2, -0.15) is 15.6 Å². The molecule has 0 saturated carbocycles. The van der Waals surface area contributed by atoms with Crippen LogP contribution in [0.25, 0.3) is 16.6 Å². The van der Waals surface area contributed by atoms with E-state index in [1.807, 2.05) is 29.3 Å². The van der Waals surface area contributed by atoms with Gasteiger partial charge in [0, 0.05) is 52.3 Å². The lowest BCUT2D eigenvalue weighted by molar-refractivity contribution is 0.0572. The summed E-state index contributed by atoms with van der Waals surface area (Å²) < 4.78 is 15.3. The lowest BCUT2D eigenvalue weighted by Gasteiger charge is -2.19. The number of aromatic nitrogens is 3. The van der Waals surface area contributed by atoms with Crippen LogP contribution in [0.15, 0.2) is 65.2 Å². The average Bonchev–Trinajstić information content (AvgIpc) is 3.42. The Morgan fingerprint density at radius 3 is 2.56 bits per heavy atom. The molecule has 8 nitrogen and oxygen atoms in total. The number of anilines is 1. The van der Waals surface area contributed by atoms with Gasteiger partial charge in [-0.05, 0) is 36.8 Å². The molecule has 3 aromatic heterocycles. The first-order valence-electron chi connectivity index (χ1n) is 10.6. The molecule has 10 heteroatoms. The molecule has 170 valence electrons. The summed E-state index contributed by atoms with van der Waals surface area (Å²) in [5.74, 6) is 0.235. The van der Waals surface area contributed by atoms with Gasteiger partial charge in [-0.25, -0.2) is 13.9 Å². The highest BCUT2D eigenvalue weighted by Crippen LogP contribution is 2.39. The summed E-state index contributed by atoms with van der Waals surface area (Å²) in [6, 6.07) is 9.88. The second-order valence-electron chi connectivity index (χ2n) is 8.14. The van der Waals surface area contributed by atoms with Gasteiger partial charge in [-0.1, -0.05) is 0 Å². The number of nitriles is 2. The van der Waals surface area contributed by atoms with Crippen LogP contribution in [0.3, 0.4) is 0 Å². The number of β-amino-alcohol motifs (C(OH)–C–C–N with tert-alkyl or cyclic N) is 2. The minimum Gasteiger partial charge on any atom is -0.389 e. The zero-order chi connectivity index (χ0) is 23.8. The van der Waals surface area contributed by atoms with E-state index >= 15 is 0 Å². The molecule has 0 bridgehead atoms. The first-order chi connectivity index (χ1) is 16.5. The molecule has 1 aliphatic heterocycles. The highest BCUT2D eigenvalue weighted by atomic mass is 32.2. The third kappa shape index (κ3) is 4.03. The Balaban J connectivity index is 1.50. The van der Waals surface area contributed by atoms with Gasteiger partial charge in [0.15, 0.2) is 0 Å². The van der Waals surface area contributed by atoms with E-state index < -0.39 is 18.0 Å². The molecule has 3 atom stereocenters. The van der Waals surface area contributed by atoms with Gasteiger partial charge in [0.25, 0.3) is 0 Å². The topological polar surface area (TPSA) is 121 Å². The predicted molar refractivity (Wildman–Crippen MR) is 125 cm³/mol. The van der Waals surface area contributed by atoms with Crippen LogP contribution in [-0.2, 0) is 0 Å². The standard InChI is InChI=1S/C24H19FN6O2S/c25-18-2-3-21(15(5-18)7-26)34-22-6-16(11-31-24(22)17(8-27)10-29-31)14-1-4-23(28-9-14)30-12-19(32)20(33)13-30/h1-2,4-6,9-11,19-21,32-33H,3,12-13H2/t19-,20+,21?. The number of halogens is 1. The molecule has 0 amide bonds. The summed E-state index contributed by atoms with van der Waals surface area (Å²) in [5.41, 5.74) is 3.00. The van der Waals surface area contributed by atoms with Crippen molar-refractivity contribution in [1.82, 2.24) is 14.6 Å². The van der Waals surface area contributed by atoms with Gasteiger partial charge in [0.2, 0.25) is 0 Å². The van der Waals surface area contributed by atoms with Crippen molar-refractivity contribution in [2.45, 2.75) is 28.8 Å². The molecule has 1 fully saturated rings. The number of thioether (sulfide) groups is 1. The second kappa shape index (κ2) is 8.92. The number of hydrogen-bond acceptors (Lipinski definition) is 8. The quantitative estimate of drug-likeness (QED) is 0.592. The van der Waals surface area contributed by atoms with Gasteiger partial charge < -0.3 is 15.1 Å². The fourth-order valence-corrected chi connectivity index (χ4v) is 5.39. The zero-order valence-corrected chi connectivity index (χ0v) is 18.7. The SMILES string of the molecule is N#CC1=CC(F)=CCC1Sc1cc(-c2ccc(N3C[C@@H](O)[C@@H](O)C3)nc2)cn2ncc(C#N)c12. The van der Waals surface area contributed by atoms with Crippen LogP contribution in [0, 0.1) is 22.7 Å². The van der Waals surface area contributed by atoms with E-state index in [0.29, 0.717) is 42.0 Å². The summed E-state index contributed by atoms with van der Waals surface area (Å²) in [4.78, 5) is 7.07. The third-order valence-corrected chi connectivity index (χ3v) is 7.22. The van der Waals surface area contributed by atoms with Crippen molar-refractivity contribution in [2.24, 2.45) is 0 Å². The van der Waals surface area contributed by atoms with Crippen molar-refractivity contribution < 1.29 is 14.6 Å². The molecule has 1 unspecified atom stereocenters. The van der Waals surface area contributed by atoms with E-state index in [0.717, 1.165) is 16.0 Å². The minimum atomic E-state index is -0.798. The predicted octanol–water partition coefficient (Wildman–Crippen LogP) is 2.98. The maximum Gasteiger partial charge on any atom is 0.128 e. The van der Waals surface area contributed by atoms with E-state index in [9.17, 15) is 25.1 Å². The molecule has 1 saturated heterocycles. The van der Waals surface area contributed by atoms with Crippen LogP contribution in [0.2, 0.25) is 0 Å². The molecular weight excluding hydrogens is 455 g/mol. The van der Waals surface area contributed by atoms with E-state index in [1.54, 1.807) is 10.7 Å². The first kappa shape index (κ1) is 22.1. The van der Waals surface area contributed by atoms with Crippen LogP contribution in [0.1, 0.15) is 12.0 Å². The maximum absolute atomic E-state index is 13.7. The van der Waals surface area contributed by atoms with Gasteiger partial charge in [-0.15, -0.1) is 11.8 Å². The molecule has 0 spiro atoms. The Hall–Kier alpha value is -3.70. The normalized spacial score (nSPS) is 22.3. The second-order valence-corrected chi connectivity index (χ2v) is 9.39. The van der Waals surface area contributed by atoms with E-state index in [4.69, 9.17) is 0 Å². The number of pyridine rings is 2. The van der Waals surface area contributed by atoms with Crippen LogP contribution >= 0.6 is 11.8 Å². The Bertz CT molecular complexity index is 1390. The molecule has 1 aliphatic carbocycles. The van der Waals surface area contributed by atoms with Crippen LogP contribution < -0.4 is 4.90 Å². The Morgan fingerprint density at radius 1 is 1.09 bits per heavy atom. The summed E-state index contributed by atoms with van der Waals surface area (Å²) in [7, 11) is 0. The maximum atomic E-state index is 13.7.